The lowest BCUT2D eigenvalue weighted by Gasteiger charge is -2.13. The summed E-state index contributed by atoms with van der Waals surface area (Å²) in [4.78, 5) is 12.1. The molecule has 1 heterocycles. The van der Waals surface area contributed by atoms with E-state index in [1.54, 1.807) is 31.5 Å². The monoisotopic (exact) mass is 637 g/mol. The van der Waals surface area contributed by atoms with Crippen LogP contribution in [-0.2, 0) is 11.4 Å². The van der Waals surface area contributed by atoms with Crippen molar-refractivity contribution >= 4 is 56.3 Å². The van der Waals surface area contributed by atoms with E-state index in [1.807, 2.05) is 36.4 Å². The van der Waals surface area contributed by atoms with Gasteiger partial charge in [0.15, 0.2) is 23.0 Å². The molecule has 4 rings (SSSR count). The molecule has 0 bridgehead atoms. The van der Waals surface area contributed by atoms with Gasteiger partial charge in [-0.1, -0.05) is 28.1 Å². The van der Waals surface area contributed by atoms with E-state index in [2.05, 4.69) is 54.4 Å². The van der Waals surface area contributed by atoms with Crippen molar-refractivity contribution in [2.24, 2.45) is 5.10 Å². The number of ether oxygens (including phenoxy) is 4. The number of nitrogens with one attached hydrogen (secondary N) is 2. The molecular formula is C24H21BrIN3O5. The summed E-state index contributed by atoms with van der Waals surface area (Å²) in [6.45, 7) is 0.677. The fourth-order valence-electron chi connectivity index (χ4n) is 3.10. The fraction of sp³-hybridized carbons (Fsp3) is 0.167. The van der Waals surface area contributed by atoms with Crippen LogP contribution in [0.2, 0.25) is 0 Å². The van der Waals surface area contributed by atoms with Gasteiger partial charge >= 0.3 is 0 Å². The minimum Gasteiger partial charge on any atom is -0.493 e. The first kappa shape index (κ1) is 24.1. The smallest absolute Gasteiger partial charge is 0.259 e. The minimum absolute atomic E-state index is 0.0562. The molecule has 0 unspecified atom stereocenters. The number of carbonyl (C=O) groups is 1. The molecule has 2 N–H and O–H groups in total. The van der Waals surface area contributed by atoms with Crippen LogP contribution in [0.1, 0.15) is 11.1 Å². The van der Waals surface area contributed by atoms with Crippen LogP contribution in [0.4, 0.5) is 5.69 Å². The van der Waals surface area contributed by atoms with Crippen molar-refractivity contribution < 1.29 is 23.7 Å². The van der Waals surface area contributed by atoms with Crippen molar-refractivity contribution in [3.05, 3.63) is 73.8 Å². The number of methoxy groups -OCH3 is 1. The maximum Gasteiger partial charge on any atom is 0.259 e. The van der Waals surface area contributed by atoms with E-state index in [0.29, 0.717) is 29.6 Å². The van der Waals surface area contributed by atoms with Crippen molar-refractivity contribution in [2.75, 3.05) is 25.8 Å². The number of amides is 1. The Morgan fingerprint density at radius 3 is 2.74 bits per heavy atom. The Bertz CT molecular complexity index is 1200. The molecule has 3 aromatic carbocycles. The number of anilines is 1. The SMILES string of the molecule is COc1cc(/C=N\NC(=O)CNc2ccc3c(c2)OCO3)cc(I)c1OCc1ccc(Br)cc1. The number of nitrogens with zero attached hydrogens (tertiary/aromatic N) is 1. The summed E-state index contributed by atoms with van der Waals surface area (Å²) in [5.74, 6) is 2.29. The van der Waals surface area contributed by atoms with E-state index >= 15 is 0 Å². The number of carbonyl (C=O) groups excluding carboxylic acids is 1. The summed E-state index contributed by atoms with van der Waals surface area (Å²) in [6.07, 6.45) is 1.56. The van der Waals surface area contributed by atoms with Crippen LogP contribution in [-0.4, -0.2) is 32.6 Å². The third-order valence-corrected chi connectivity index (χ3v) is 6.11. The van der Waals surface area contributed by atoms with Gasteiger partial charge in [0.25, 0.3) is 5.91 Å². The minimum atomic E-state index is -0.287. The summed E-state index contributed by atoms with van der Waals surface area (Å²) < 4.78 is 24.0. The standard InChI is InChI=1S/C24H21BrIN3O5/c1-31-22-9-16(8-19(26)24(22)32-13-15-2-4-17(25)5-3-15)11-28-29-23(30)12-27-18-6-7-20-21(10-18)34-14-33-20/h2-11,27H,12-14H2,1H3,(H,29,30)/b28-11-. The lowest BCUT2D eigenvalue weighted by atomic mass is 10.2. The highest BCUT2D eigenvalue weighted by Gasteiger charge is 2.14. The van der Waals surface area contributed by atoms with Gasteiger partial charge in [-0.2, -0.15) is 5.10 Å². The highest BCUT2D eigenvalue weighted by atomic mass is 127. The molecule has 0 saturated heterocycles. The molecule has 0 spiro atoms. The Kier molecular flexibility index (Phi) is 8.12. The maximum absolute atomic E-state index is 12.1. The van der Waals surface area contributed by atoms with Gasteiger partial charge < -0.3 is 24.3 Å². The second-order valence-electron chi connectivity index (χ2n) is 7.16. The van der Waals surface area contributed by atoms with Crippen molar-refractivity contribution in [3.63, 3.8) is 0 Å². The number of rotatable bonds is 9. The summed E-state index contributed by atoms with van der Waals surface area (Å²) in [6, 6.07) is 17.0. The van der Waals surface area contributed by atoms with Crippen LogP contribution >= 0.6 is 38.5 Å². The predicted octanol–water partition coefficient (Wildman–Crippen LogP) is 4.93. The maximum atomic E-state index is 12.1. The fourth-order valence-corrected chi connectivity index (χ4v) is 4.14. The largest absolute Gasteiger partial charge is 0.493 e. The van der Waals surface area contributed by atoms with Gasteiger partial charge in [-0.15, -0.1) is 0 Å². The van der Waals surface area contributed by atoms with Crippen molar-refractivity contribution in [2.45, 2.75) is 6.61 Å². The van der Waals surface area contributed by atoms with Crippen molar-refractivity contribution in [3.8, 4) is 23.0 Å². The lowest BCUT2D eigenvalue weighted by molar-refractivity contribution is -0.119. The van der Waals surface area contributed by atoms with Gasteiger partial charge in [0.2, 0.25) is 6.79 Å². The Balaban J connectivity index is 1.31. The number of hydrazone groups is 1. The van der Waals surface area contributed by atoms with Crippen molar-refractivity contribution in [1.29, 1.82) is 0 Å². The topological polar surface area (TPSA) is 90.4 Å². The van der Waals surface area contributed by atoms with E-state index in [0.717, 1.165) is 24.9 Å². The zero-order chi connectivity index (χ0) is 23.9. The second kappa shape index (κ2) is 11.4. The average Bonchev–Trinajstić information content (AvgIpc) is 3.31. The third-order valence-electron chi connectivity index (χ3n) is 4.78. The second-order valence-corrected chi connectivity index (χ2v) is 9.24. The van der Waals surface area contributed by atoms with Gasteiger partial charge in [0.05, 0.1) is 23.4 Å². The number of hydrogen-bond acceptors (Lipinski definition) is 7. The number of benzene rings is 3. The first-order valence-electron chi connectivity index (χ1n) is 10.2. The summed E-state index contributed by atoms with van der Waals surface area (Å²) in [7, 11) is 1.59. The van der Waals surface area contributed by atoms with E-state index in [9.17, 15) is 4.79 Å². The quantitative estimate of drug-likeness (QED) is 0.196. The first-order valence-corrected chi connectivity index (χ1v) is 12.1. The first-order chi connectivity index (χ1) is 16.5. The summed E-state index contributed by atoms with van der Waals surface area (Å²) in [5, 5.41) is 7.07. The van der Waals surface area contributed by atoms with Crippen LogP contribution in [0.3, 0.4) is 0 Å². The Morgan fingerprint density at radius 1 is 1.15 bits per heavy atom. The van der Waals surface area contributed by atoms with E-state index in [1.165, 1.54) is 0 Å². The molecule has 8 nitrogen and oxygen atoms in total. The third kappa shape index (κ3) is 6.32. The Labute approximate surface area is 218 Å². The molecule has 10 heteroatoms. The molecule has 0 aromatic heterocycles. The lowest BCUT2D eigenvalue weighted by Crippen LogP contribution is -2.25. The molecular weight excluding hydrogens is 617 g/mol. The molecule has 0 atom stereocenters. The zero-order valence-electron chi connectivity index (χ0n) is 18.1. The highest BCUT2D eigenvalue weighted by molar-refractivity contribution is 14.1. The average molecular weight is 638 g/mol. The molecule has 1 amide bonds. The van der Waals surface area contributed by atoms with E-state index in [4.69, 9.17) is 18.9 Å². The molecule has 0 aliphatic carbocycles. The molecule has 3 aromatic rings. The van der Waals surface area contributed by atoms with Crippen LogP contribution in [0, 0.1) is 3.57 Å². The van der Waals surface area contributed by atoms with Crippen LogP contribution in [0.5, 0.6) is 23.0 Å². The molecule has 34 heavy (non-hydrogen) atoms. The molecule has 1 aliphatic heterocycles. The summed E-state index contributed by atoms with van der Waals surface area (Å²) >= 11 is 5.62. The van der Waals surface area contributed by atoms with E-state index in [-0.39, 0.29) is 19.2 Å². The Morgan fingerprint density at radius 2 is 1.94 bits per heavy atom. The van der Waals surface area contributed by atoms with Gasteiger partial charge in [-0.3, -0.25) is 4.79 Å². The molecule has 0 saturated carbocycles. The highest BCUT2D eigenvalue weighted by Crippen LogP contribution is 2.35. The van der Waals surface area contributed by atoms with E-state index < -0.39 is 0 Å². The summed E-state index contributed by atoms with van der Waals surface area (Å²) in [5.41, 5.74) is 5.07. The van der Waals surface area contributed by atoms with Crippen LogP contribution in [0.25, 0.3) is 0 Å². The zero-order valence-corrected chi connectivity index (χ0v) is 21.9. The number of fused-ring (bicyclic) bond motifs is 1. The van der Waals surface area contributed by atoms with Crippen LogP contribution in [0.15, 0.2) is 64.2 Å². The van der Waals surface area contributed by atoms with Gasteiger partial charge in [-0.25, -0.2) is 5.43 Å². The Hall–Kier alpha value is -2.99. The number of halogens is 2. The predicted molar refractivity (Wildman–Crippen MR) is 141 cm³/mol. The van der Waals surface area contributed by atoms with Crippen molar-refractivity contribution in [1.82, 2.24) is 5.43 Å². The molecule has 0 fully saturated rings. The molecule has 1 aliphatic rings. The van der Waals surface area contributed by atoms with Gasteiger partial charge in [-0.05, 0) is 70.1 Å². The van der Waals surface area contributed by atoms with Gasteiger partial charge in [0.1, 0.15) is 6.61 Å². The normalized spacial score (nSPS) is 12.0. The van der Waals surface area contributed by atoms with Gasteiger partial charge in [0, 0.05) is 16.2 Å². The number of hydrogen-bond donors (Lipinski definition) is 2. The molecule has 176 valence electrons. The van der Waals surface area contributed by atoms with Crippen LogP contribution < -0.4 is 29.7 Å². The molecule has 0 radical (unpaired) electrons.